The predicted molar refractivity (Wildman–Crippen MR) is 219 cm³/mol. The Bertz CT molecular complexity index is 2800. The molecule has 2 aliphatic carbocycles. The van der Waals surface area contributed by atoms with Gasteiger partial charge < -0.3 is 0 Å². The first-order valence-corrected chi connectivity index (χ1v) is 18.5. The van der Waals surface area contributed by atoms with E-state index in [4.69, 9.17) is 24.9 Å². The molecule has 0 radical (unpaired) electrons. The molecule has 55 heavy (non-hydrogen) atoms. The van der Waals surface area contributed by atoms with Gasteiger partial charge in [-0.2, -0.15) is 0 Å². The highest BCUT2D eigenvalue weighted by Gasteiger charge is 2.54. The molecular weight excluding hydrogens is 671 g/mol. The molecule has 0 aliphatic heterocycles. The molecule has 0 unspecified atom stereocenters. The van der Waals surface area contributed by atoms with Crippen LogP contribution in [0.15, 0.2) is 188 Å². The SMILES string of the molecule is c1ccc(-c2nc(-c3ccccc3)nc(-c3ccc(-c4nc(-c5ccccc5)c5c(n4)-c4ccccc4C54c5ccccc5-c5ccccc54)cc3)n2)cc1. The van der Waals surface area contributed by atoms with E-state index >= 15 is 0 Å². The summed E-state index contributed by atoms with van der Waals surface area (Å²) in [5.74, 6) is 2.53. The van der Waals surface area contributed by atoms with E-state index < -0.39 is 5.41 Å². The van der Waals surface area contributed by atoms with Crippen LogP contribution in [0.5, 0.6) is 0 Å². The van der Waals surface area contributed by atoms with Crippen LogP contribution in [-0.2, 0) is 5.41 Å². The van der Waals surface area contributed by atoms with Gasteiger partial charge >= 0.3 is 0 Å². The van der Waals surface area contributed by atoms with Crippen molar-refractivity contribution in [1.29, 1.82) is 0 Å². The molecule has 5 heteroatoms. The van der Waals surface area contributed by atoms with Crippen molar-refractivity contribution < 1.29 is 0 Å². The number of hydrogen-bond donors (Lipinski definition) is 0. The summed E-state index contributed by atoms with van der Waals surface area (Å²) in [6.45, 7) is 0. The average Bonchev–Trinajstić information content (AvgIpc) is 3.74. The summed E-state index contributed by atoms with van der Waals surface area (Å²) in [7, 11) is 0. The summed E-state index contributed by atoms with van der Waals surface area (Å²) in [5.41, 5.74) is 14.6. The normalized spacial score (nSPS) is 12.9. The lowest BCUT2D eigenvalue weighted by Gasteiger charge is -2.31. The fourth-order valence-corrected chi connectivity index (χ4v) is 8.60. The minimum atomic E-state index is -0.557. The van der Waals surface area contributed by atoms with E-state index in [2.05, 4.69) is 127 Å². The van der Waals surface area contributed by atoms with Gasteiger partial charge in [-0.05, 0) is 27.8 Å². The van der Waals surface area contributed by atoms with E-state index in [0.717, 1.165) is 50.3 Å². The van der Waals surface area contributed by atoms with Crippen molar-refractivity contribution in [1.82, 2.24) is 24.9 Å². The highest BCUT2D eigenvalue weighted by molar-refractivity contribution is 5.97. The molecule has 2 heterocycles. The summed E-state index contributed by atoms with van der Waals surface area (Å²) >= 11 is 0. The van der Waals surface area contributed by atoms with E-state index in [9.17, 15) is 0 Å². The molecule has 11 rings (SSSR count). The lowest BCUT2D eigenvalue weighted by atomic mass is 9.69. The Kier molecular flexibility index (Phi) is 7.01. The van der Waals surface area contributed by atoms with Gasteiger partial charge in [-0.25, -0.2) is 24.9 Å². The molecule has 0 atom stereocenters. The fraction of sp³-hybridized carbons (Fsp3) is 0.0200. The summed E-state index contributed by atoms with van der Waals surface area (Å²) in [5, 5.41) is 0. The zero-order valence-electron chi connectivity index (χ0n) is 29.6. The first-order chi connectivity index (χ1) is 27.3. The number of aromatic nitrogens is 5. The Morgan fingerprint density at radius 3 is 1.05 bits per heavy atom. The van der Waals surface area contributed by atoms with Crippen LogP contribution < -0.4 is 0 Å². The maximum atomic E-state index is 5.49. The molecule has 0 saturated heterocycles. The number of hydrogen-bond acceptors (Lipinski definition) is 5. The van der Waals surface area contributed by atoms with Gasteiger partial charge in [-0.1, -0.05) is 188 Å². The van der Waals surface area contributed by atoms with Gasteiger partial charge in [0.2, 0.25) is 0 Å². The summed E-state index contributed by atoms with van der Waals surface area (Å²) in [6.07, 6.45) is 0. The zero-order chi connectivity index (χ0) is 36.3. The van der Waals surface area contributed by atoms with Crippen LogP contribution in [0.25, 0.3) is 79.2 Å². The second kappa shape index (κ2) is 12.4. The minimum absolute atomic E-state index is 0.557. The highest BCUT2D eigenvalue weighted by Crippen LogP contribution is 2.64. The van der Waals surface area contributed by atoms with E-state index in [0.29, 0.717) is 23.3 Å². The summed E-state index contributed by atoms with van der Waals surface area (Å²) < 4.78 is 0. The summed E-state index contributed by atoms with van der Waals surface area (Å²) in [4.78, 5) is 25.7. The first-order valence-electron chi connectivity index (χ1n) is 18.5. The Labute approximate surface area is 318 Å². The van der Waals surface area contributed by atoms with Gasteiger partial charge in [-0.15, -0.1) is 0 Å². The van der Waals surface area contributed by atoms with Crippen LogP contribution in [0.3, 0.4) is 0 Å². The molecule has 0 bridgehead atoms. The molecule has 5 nitrogen and oxygen atoms in total. The second-order valence-corrected chi connectivity index (χ2v) is 14.0. The molecule has 2 aromatic heterocycles. The number of fused-ring (bicyclic) bond motifs is 10. The van der Waals surface area contributed by atoms with Crippen molar-refractivity contribution in [3.8, 4) is 79.2 Å². The Hall–Kier alpha value is -7.37. The van der Waals surface area contributed by atoms with Crippen LogP contribution in [0.2, 0.25) is 0 Å². The van der Waals surface area contributed by atoms with Crippen molar-refractivity contribution in [2.75, 3.05) is 0 Å². The van der Waals surface area contributed by atoms with Crippen molar-refractivity contribution in [3.63, 3.8) is 0 Å². The smallest absolute Gasteiger partial charge is 0.164 e. The van der Waals surface area contributed by atoms with Crippen LogP contribution >= 0.6 is 0 Å². The molecule has 2 aliphatic rings. The Balaban J connectivity index is 1.10. The largest absolute Gasteiger partial charge is 0.228 e. The van der Waals surface area contributed by atoms with Crippen molar-refractivity contribution in [2.24, 2.45) is 0 Å². The van der Waals surface area contributed by atoms with Crippen LogP contribution in [0.4, 0.5) is 0 Å². The first kappa shape index (κ1) is 31.2. The number of nitrogens with zero attached hydrogens (tertiary/aromatic N) is 5. The van der Waals surface area contributed by atoms with Crippen molar-refractivity contribution in [2.45, 2.75) is 5.41 Å². The lowest BCUT2D eigenvalue weighted by molar-refractivity contribution is 0.788. The van der Waals surface area contributed by atoms with Gasteiger partial charge in [-0.3, -0.25) is 0 Å². The zero-order valence-corrected chi connectivity index (χ0v) is 29.6. The lowest BCUT2D eigenvalue weighted by Crippen LogP contribution is -2.27. The van der Waals surface area contributed by atoms with Crippen LogP contribution in [-0.4, -0.2) is 24.9 Å². The van der Waals surface area contributed by atoms with Crippen molar-refractivity contribution in [3.05, 3.63) is 210 Å². The van der Waals surface area contributed by atoms with Gasteiger partial charge in [0.1, 0.15) is 0 Å². The number of benzene rings is 7. The van der Waals surface area contributed by atoms with Gasteiger partial charge in [0.05, 0.1) is 16.8 Å². The molecule has 0 N–H and O–H groups in total. The third kappa shape index (κ3) is 4.76. The predicted octanol–water partition coefficient (Wildman–Crippen LogP) is 11.3. The van der Waals surface area contributed by atoms with Gasteiger partial charge in [0.25, 0.3) is 0 Å². The van der Waals surface area contributed by atoms with E-state index in [1.807, 2.05) is 60.7 Å². The molecule has 9 aromatic rings. The average molecular weight is 702 g/mol. The standard InChI is InChI=1S/C50H31N5/c1-4-16-32(17-5-1)44-43-45(39-24-12-15-27-42(39)50(43)40-25-13-10-22-37(40)38-23-11-14-26-41(38)50)52-46(51-44)35-28-30-36(31-29-35)49-54-47(33-18-6-2-7-19-33)53-48(55-49)34-20-8-3-9-21-34/h1-31H. The van der Waals surface area contributed by atoms with Gasteiger partial charge in [0.15, 0.2) is 23.3 Å². The molecule has 0 amide bonds. The third-order valence-corrected chi connectivity index (χ3v) is 11.0. The second-order valence-electron chi connectivity index (χ2n) is 14.0. The maximum Gasteiger partial charge on any atom is 0.164 e. The molecule has 1 spiro atoms. The van der Waals surface area contributed by atoms with Crippen LogP contribution in [0.1, 0.15) is 22.3 Å². The Morgan fingerprint density at radius 2 is 0.582 bits per heavy atom. The minimum Gasteiger partial charge on any atom is -0.228 e. The molecular formula is C50H31N5. The molecule has 7 aromatic carbocycles. The van der Waals surface area contributed by atoms with Gasteiger partial charge in [0, 0.05) is 38.9 Å². The van der Waals surface area contributed by atoms with E-state index in [1.54, 1.807) is 0 Å². The number of rotatable bonds is 5. The van der Waals surface area contributed by atoms with E-state index in [1.165, 1.54) is 27.8 Å². The Morgan fingerprint density at radius 1 is 0.255 bits per heavy atom. The topological polar surface area (TPSA) is 64.5 Å². The maximum absolute atomic E-state index is 5.49. The quantitative estimate of drug-likeness (QED) is 0.179. The van der Waals surface area contributed by atoms with Crippen LogP contribution in [0, 0.1) is 0 Å². The summed E-state index contributed by atoms with van der Waals surface area (Å²) in [6, 6.07) is 65.4. The molecule has 256 valence electrons. The molecule has 0 saturated carbocycles. The highest BCUT2D eigenvalue weighted by atomic mass is 15.0. The monoisotopic (exact) mass is 701 g/mol. The van der Waals surface area contributed by atoms with E-state index in [-0.39, 0.29) is 0 Å². The fourth-order valence-electron chi connectivity index (χ4n) is 8.60. The third-order valence-electron chi connectivity index (χ3n) is 11.0. The molecule has 0 fully saturated rings. The van der Waals surface area contributed by atoms with Crippen molar-refractivity contribution >= 4 is 0 Å².